The first kappa shape index (κ1) is 20.7. The number of ketones is 1. The van der Waals surface area contributed by atoms with Crippen molar-refractivity contribution in [2.45, 2.75) is 36.7 Å². The van der Waals surface area contributed by atoms with Gasteiger partial charge in [-0.25, -0.2) is 9.97 Å². The van der Waals surface area contributed by atoms with Crippen LogP contribution < -0.4 is 10.0 Å². The molecule has 1 aliphatic carbocycles. The number of hydrogen-bond acceptors (Lipinski definition) is 8. The molecule has 0 amide bonds. The third-order valence-electron chi connectivity index (χ3n) is 5.48. The normalized spacial score (nSPS) is 17.6. The van der Waals surface area contributed by atoms with E-state index in [1.165, 1.54) is 18.3 Å². The van der Waals surface area contributed by atoms with Crippen molar-refractivity contribution in [2.24, 2.45) is 0 Å². The van der Waals surface area contributed by atoms with Crippen LogP contribution in [-0.4, -0.2) is 32.8 Å². The highest BCUT2D eigenvalue weighted by atomic mass is 32.2. The van der Waals surface area contributed by atoms with Gasteiger partial charge in [-0.2, -0.15) is 5.26 Å². The molecular formula is C23H20N6OS2. The highest BCUT2D eigenvalue weighted by Crippen LogP contribution is 2.38. The van der Waals surface area contributed by atoms with Gasteiger partial charge in [-0.1, -0.05) is 6.07 Å². The van der Waals surface area contributed by atoms with Crippen LogP contribution in [0.1, 0.15) is 35.8 Å². The summed E-state index contributed by atoms with van der Waals surface area (Å²) in [6.45, 7) is 1.53. The average molecular weight is 461 g/mol. The standard InChI is InChI=1S/C23H20N6OS2/c1-13(30)20-12-31-23(28-20)19-11-26-22-18(5-6-25-22)21(19)27-15-8-16(9-15)29-32-17-4-2-3-14(7-17)10-24/h2-7,11-12,15-16,29H,8-9H2,1H3,(H2,25,26,27)/t15-,16-. The molecule has 0 saturated heterocycles. The summed E-state index contributed by atoms with van der Waals surface area (Å²) in [5.41, 5.74) is 3.88. The molecule has 9 heteroatoms. The number of nitriles is 1. The van der Waals surface area contributed by atoms with Crippen LogP contribution in [0, 0.1) is 11.3 Å². The van der Waals surface area contributed by atoms with Crippen LogP contribution in [0.5, 0.6) is 0 Å². The molecule has 0 aliphatic heterocycles. The lowest BCUT2D eigenvalue weighted by atomic mass is 9.87. The van der Waals surface area contributed by atoms with E-state index in [1.807, 2.05) is 42.7 Å². The number of aromatic amines is 1. The van der Waals surface area contributed by atoms with Crippen molar-refractivity contribution in [3.63, 3.8) is 0 Å². The second-order valence-corrected chi connectivity index (χ2v) is 9.52. The number of anilines is 1. The Balaban J connectivity index is 1.29. The minimum absolute atomic E-state index is 0.0385. The molecule has 0 spiro atoms. The van der Waals surface area contributed by atoms with E-state index in [2.05, 4.69) is 31.1 Å². The molecule has 3 heterocycles. The maximum Gasteiger partial charge on any atom is 0.178 e. The lowest BCUT2D eigenvalue weighted by Gasteiger charge is -2.37. The third-order valence-corrected chi connectivity index (χ3v) is 7.29. The molecule has 0 atom stereocenters. The Kier molecular flexibility index (Phi) is 5.66. The number of carbonyl (C=O) groups excluding carboxylic acids is 1. The molecule has 0 bridgehead atoms. The van der Waals surface area contributed by atoms with Crippen molar-refractivity contribution in [2.75, 3.05) is 5.32 Å². The molecule has 1 aromatic carbocycles. The molecule has 32 heavy (non-hydrogen) atoms. The molecule has 3 N–H and O–H groups in total. The zero-order chi connectivity index (χ0) is 22.1. The second kappa shape index (κ2) is 8.74. The molecular weight excluding hydrogens is 440 g/mol. The van der Waals surface area contributed by atoms with Gasteiger partial charge in [0, 0.05) is 47.1 Å². The Labute approximate surface area is 193 Å². The summed E-state index contributed by atoms with van der Waals surface area (Å²) < 4.78 is 3.50. The number of H-pyrrole nitrogens is 1. The fourth-order valence-electron chi connectivity index (χ4n) is 3.70. The van der Waals surface area contributed by atoms with Gasteiger partial charge in [0.05, 0.1) is 22.9 Å². The third kappa shape index (κ3) is 4.12. The molecule has 4 aromatic rings. The number of benzene rings is 1. The van der Waals surface area contributed by atoms with Crippen LogP contribution >= 0.6 is 23.3 Å². The first-order valence-electron chi connectivity index (χ1n) is 10.2. The van der Waals surface area contributed by atoms with Crippen LogP contribution in [0.4, 0.5) is 5.69 Å². The van der Waals surface area contributed by atoms with E-state index in [9.17, 15) is 4.79 Å². The monoisotopic (exact) mass is 460 g/mol. The van der Waals surface area contributed by atoms with Crippen molar-refractivity contribution < 1.29 is 4.79 Å². The predicted octanol–water partition coefficient (Wildman–Crippen LogP) is 5.00. The molecule has 1 aliphatic rings. The first-order chi connectivity index (χ1) is 15.6. The highest BCUT2D eigenvalue weighted by Gasteiger charge is 2.30. The topological polar surface area (TPSA) is 106 Å². The van der Waals surface area contributed by atoms with Crippen molar-refractivity contribution in [3.05, 3.63) is 59.4 Å². The Bertz CT molecular complexity index is 1330. The van der Waals surface area contributed by atoms with Gasteiger partial charge in [0.25, 0.3) is 0 Å². The molecule has 0 unspecified atom stereocenters. The van der Waals surface area contributed by atoms with Crippen LogP contribution in [0.3, 0.4) is 0 Å². The highest BCUT2D eigenvalue weighted by molar-refractivity contribution is 7.97. The number of aromatic nitrogens is 3. The quantitative estimate of drug-likeness (QED) is 0.263. The molecule has 5 rings (SSSR count). The summed E-state index contributed by atoms with van der Waals surface area (Å²) in [6, 6.07) is 12.5. The SMILES string of the molecule is CC(=O)c1csc(-c2cnc3[nH]ccc3c2N[C@H]2C[C@H](NSc3cccc(C#N)c3)C2)n1. The molecule has 3 aromatic heterocycles. The first-order valence-corrected chi connectivity index (χ1v) is 11.9. The molecule has 160 valence electrons. The minimum Gasteiger partial charge on any atom is -0.381 e. The Morgan fingerprint density at radius 3 is 2.97 bits per heavy atom. The smallest absolute Gasteiger partial charge is 0.178 e. The number of pyridine rings is 1. The van der Waals surface area contributed by atoms with E-state index in [0.717, 1.165) is 45.0 Å². The van der Waals surface area contributed by atoms with E-state index >= 15 is 0 Å². The molecule has 1 saturated carbocycles. The summed E-state index contributed by atoms with van der Waals surface area (Å²) in [5.74, 6) is -0.0385. The summed E-state index contributed by atoms with van der Waals surface area (Å²) in [4.78, 5) is 24.9. The summed E-state index contributed by atoms with van der Waals surface area (Å²) in [7, 11) is 0. The van der Waals surface area contributed by atoms with Gasteiger partial charge in [0.2, 0.25) is 0 Å². The number of hydrogen-bond donors (Lipinski definition) is 3. The van der Waals surface area contributed by atoms with Crippen molar-refractivity contribution >= 4 is 45.8 Å². The van der Waals surface area contributed by atoms with E-state index in [1.54, 1.807) is 17.3 Å². The fraction of sp³-hybridized carbons (Fsp3) is 0.217. The van der Waals surface area contributed by atoms with Gasteiger partial charge in [-0.15, -0.1) is 11.3 Å². The molecule has 0 radical (unpaired) electrons. The van der Waals surface area contributed by atoms with Crippen LogP contribution in [0.25, 0.3) is 21.6 Å². The van der Waals surface area contributed by atoms with Gasteiger partial charge in [-0.3, -0.25) is 9.52 Å². The lowest BCUT2D eigenvalue weighted by Crippen LogP contribution is -2.45. The second-order valence-electron chi connectivity index (χ2n) is 7.75. The van der Waals surface area contributed by atoms with Gasteiger partial charge in [-0.05, 0) is 49.1 Å². The van der Waals surface area contributed by atoms with E-state index < -0.39 is 0 Å². The largest absolute Gasteiger partial charge is 0.381 e. The van der Waals surface area contributed by atoms with E-state index in [0.29, 0.717) is 23.3 Å². The summed E-state index contributed by atoms with van der Waals surface area (Å²) >= 11 is 3.02. The zero-order valence-electron chi connectivity index (χ0n) is 17.3. The van der Waals surface area contributed by atoms with Gasteiger partial charge < -0.3 is 10.3 Å². The fourth-order valence-corrected chi connectivity index (χ4v) is 5.40. The van der Waals surface area contributed by atoms with Crippen LogP contribution in [0.15, 0.2) is 53.0 Å². The average Bonchev–Trinajstić information content (AvgIpc) is 3.45. The van der Waals surface area contributed by atoms with Gasteiger partial charge in [0.15, 0.2) is 5.78 Å². The number of thiazole rings is 1. The van der Waals surface area contributed by atoms with Crippen LogP contribution in [0.2, 0.25) is 0 Å². The number of carbonyl (C=O) groups is 1. The number of nitrogens with one attached hydrogen (secondary N) is 3. The van der Waals surface area contributed by atoms with E-state index in [4.69, 9.17) is 5.26 Å². The number of Topliss-reactive ketones (excluding diaryl/α,β-unsaturated/α-hetero) is 1. The number of rotatable bonds is 7. The van der Waals surface area contributed by atoms with E-state index in [-0.39, 0.29) is 5.78 Å². The maximum absolute atomic E-state index is 11.7. The Morgan fingerprint density at radius 1 is 1.31 bits per heavy atom. The minimum atomic E-state index is -0.0385. The summed E-state index contributed by atoms with van der Waals surface area (Å²) in [5, 5.41) is 16.3. The Morgan fingerprint density at radius 2 is 2.19 bits per heavy atom. The van der Waals surface area contributed by atoms with Gasteiger partial charge in [0.1, 0.15) is 16.3 Å². The van der Waals surface area contributed by atoms with Gasteiger partial charge >= 0.3 is 0 Å². The number of fused-ring (bicyclic) bond motifs is 1. The number of nitrogens with zero attached hydrogens (tertiary/aromatic N) is 3. The van der Waals surface area contributed by atoms with Crippen molar-refractivity contribution in [1.82, 2.24) is 19.7 Å². The maximum atomic E-state index is 11.7. The van der Waals surface area contributed by atoms with Crippen LogP contribution in [-0.2, 0) is 0 Å². The lowest BCUT2D eigenvalue weighted by molar-refractivity contribution is 0.101. The molecule has 7 nitrogen and oxygen atoms in total. The van der Waals surface area contributed by atoms with Crippen molar-refractivity contribution in [3.8, 4) is 16.6 Å². The van der Waals surface area contributed by atoms with Crippen molar-refractivity contribution in [1.29, 1.82) is 5.26 Å². The summed E-state index contributed by atoms with van der Waals surface area (Å²) in [6.07, 6.45) is 5.66. The zero-order valence-corrected chi connectivity index (χ0v) is 18.9. The predicted molar refractivity (Wildman–Crippen MR) is 128 cm³/mol. The Hall–Kier alpha value is -3.19. The molecule has 1 fully saturated rings.